The van der Waals surface area contributed by atoms with Crippen LogP contribution in [0.2, 0.25) is 0 Å². The number of piperidine rings is 1. The number of carbonyl (C=O) groups excluding carboxylic acids is 1. The summed E-state index contributed by atoms with van der Waals surface area (Å²) in [6, 6.07) is 0. The van der Waals surface area contributed by atoms with Crippen LogP contribution in [0.15, 0.2) is 0 Å². The van der Waals surface area contributed by atoms with Crippen molar-refractivity contribution >= 4 is 12.1 Å². The number of hydrogen-bond acceptors (Lipinski definition) is 3. The van der Waals surface area contributed by atoms with Gasteiger partial charge in [-0.1, -0.05) is 6.92 Å². The molecule has 1 amide bonds. The molecule has 1 N–H and O–H groups in total. The minimum absolute atomic E-state index is 0.152. The van der Waals surface area contributed by atoms with E-state index in [0.717, 1.165) is 0 Å². The topological polar surface area (TPSA) is 66.8 Å². The third-order valence-corrected chi connectivity index (χ3v) is 3.78. The van der Waals surface area contributed by atoms with Crippen molar-refractivity contribution in [1.82, 2.24) is 4.90 Å². The molecule has 0 saturated carbocycles. The van der Waals surface area contributed by atoms with Gasteiger partial charge in [0.1, 0.15) is 6.61 Å². The van der Waals surface area contributed by atoms with E-state index in [1.165, 1.54) is 0 Å². The molecule has 0 aromatic carbocycles. The van der Waals surface area contributed by atoms with E-state index in [1.807, 2.05) is 13.8 Å². The second-order valence-corrected chi connectivity index (χ2v) is 4.69. The van der Waals surface area contributed by atoms with E-state index < -0.39 is 11.9 Å². The predicted molar refractivity (Wildman–Crippen MR) is 51.4 cm³/mol. The largest absolute Gasteiger partial charge is 0.481 e. The fourth-order valence-electron chi connectivity index (χ4n) is 2.42. The fourth-order valence-corrected chi connectivity index (χ4v) is 2.42. The van der Waals surface area contributed by atoms with Crippen LogP contribution in [0, 0.1) is 11.8 Å². The SMILES string of the molecule is CC1CC(C(=O)O)CN2C(=O)OCC12C. The molecule has 0 radical (unpaired) electrons. The Morgan fingerprint density at radius 1 is 1.67 bits per heavy atom. The summed E-state index contributed by atoms with van der Waals surface area (Å²) in [5.41, 5.74) is -0.316. The monoisotopic (exact) mass is 213 g/mol. The maximum Gasteiger partial charge on any atom is 0.410 e. The summed E-state index contributed by atoms with van der Waals surface area (Å²) in [4.78, 5) is 23.9. The number of carboxylic acids is 1. The zero-order chi connectivity index (χ0) is 11.2. The highest BCUT2D eigenvalue weighted by Gasteiger charge is 2.52. The first kappa shape index (κ1) is 10.3. The van der Waals surface area contributed by atoms with E-state index in [-0.39, 0.29) is 24.1 Å². The summed E-state index contributed by atoms with van der Waals surface area (Å²) in [5, 5.41) is 8.97. The number of amides is 1. The minimum Gasteiger partial charge on any atom is -0.481 e. The molecule has 0 spiro atoms. The van der Waals surface area contributed by atoms with Crippen molar-refractivity contribution < 1.29 is 19.4 Å². The molecule has 2 rings (SSSR count). The summed E-state index contributed by atoms with van der Waals surface area (Å²) < 4.78 is 5.00. The maximum absolute atomic E-state index is 11.4. The number of carbonyl (C=O) groups is 2. The second-order valence-electron chi connectivity index (χ2n) is 4.69. The number of nitrogens with zero attached hydrogens (tertiary/aromatic N) is 1. The normalized spacial score (nSPS) is 39.9. The first-order valence-corrected chi connectivity index (χ1v) is 5.12. The lowest BCUT2D eigenvalue weighted by atomic mass is 9.76. The molecule has 15 heavy (non-hydrogen) atoms. The van der Waals surface area contributed by atoms with Crippen molar-refractivity contribution in [3.63, 3.8) is 0 Å². The number of ether oxygens (including phenoxy) is 1. The Balaban J connectivity index is 2.24. The summed E-state index contributed by atoms with van der Waals surface area (Å²) in [6.07, 6.45) is 0.231. The van der Waals surface area contributed by atoms with Crippen molar-refractivity contribution in [1.29, 1.82) is 0 Å². The number of fused-ring (bicyclic) bond motifs is 1. The number of hydrogen-bond donors (Lipinski definition) is 1. The molecule has 0 aromatic heterocycles. The molecular formula is C10H15NO4. The number of carboxylic acid groups (broad SMARTS) is 1. The Morgan fingerprint density at radius 2 is 2.33 bits per heavy atom. The Bertz CT molecular complexity index is 317. The van der Waals surface area contributed by atoms with Crippen molar-refractivity contribution in [2.24, 2.45) is 11.8 Å². The molecule has 2 heterocycles. The lowest BCUT2D eigenvalue weighted by molar-refractivity contribution is -0.145. The van der Waals surface area contributed by atoms with Crippen LogP contribution in [0.4, 0.5) is 4.79 Å². The second kappa shape index (κ2) is 3.12. The molecule has 3 unspecified atom stereocenters. The van der Waals surface area contributed by atoms with Gasteiger partial charge in [-0.15, -0.1) is 0 Å². The van der Waals surface area contributed by atoms with E-state index in [0.29, 0.717) is 13.0 Å². The van der Waals surface area contributed by atoms with E-state index in [2.05, 4.69) is 0 Å². The highest BCUT2D eigenvalue weighted by molar-refractivity contribution is 5.75. The molecule has 0 aromatic rings. The van der Waals surface area contributed by atoms with E-state index in [1.54, 1.807) is 4.90 Å². The Kier molecular flexibility index (Phi) is 2.13. The van der Waals surface area contributed by atoms with Crippen LogP contribution in [0.3, 0.4) is 0 Å². The molecule has 2 aliphatic rings. The predicted octanol–water partition coefficient (Wildman–Crippen LogP) is 0.938. The van der Waals surface area contributed by atoms with Gasteiger partial charge in [-0.25, -0.2) is 4.79 Å². The Labute approximate surface area is 88.0 Å². The van der Waals surface area contributed by atoms with Crippen LogP contribution >= 0.6 is 0 Å². The highest BCUT2D eigenvalue weighted by Crippen LogP contribution is 2.39. The Morgan fingerprint density at radius 3 is 2.93 bits per heavy atom. The average molecular weight is 213 g/mol. The standard InChI is InChI=1S/C10H15NO4/c1-6-3-7(8(12)13)4-11-9(14)15-5-10(6,11)2/h6-7H,3-5H2,1-2H3,(H,12,13). The van der Waals surface area contributed by atoms with Gasteiger partial charge in [-0.05, 0) is 19.3 Å². The average Bonchev–Trinajstić information content (AvgIpc) is 2.46. The van der Waals surface area contributed by atoms with Gasteiger partial charge < -0.3 is 9.84 Å². The molecule has 84 valence electrons. The van der Waals surface area contributed by atoms with Crippen LogP contribution in [-0.4, -0.2) is 40.8 Å². The third kappa shape index (κ3) is 1.37. The lowest BCUT2D eigenvalue weighted by Gasteiger charge is -2.43. The summed E-state index contributed by atoms with van der Waals surface area (Å²) >= 11 is 0. The van der Waals surface area contributed by atoms with Gasteiger partial charge in [0.2, 0.25) is 0 Å². The quantitative estimate of drug-likeness (QED) is 0.703. The molecule has 0 bridgehead atoms. The van der Waals surface area contributed by atoms with Crippen LogP contribution in [-0.2, 0) is 9.53 Å². The van der Waals surface area contributed by atoms with E-state index >= 15 is 0 Å². The molecule has 5 nitrogen and oxygen atoms in total. The zero-order valence-electron chi connectivity index (χ0n) is 8.90. The number of cyclic esters (lactones) is 1. The molecule has 2 fully saturated rings. The fraction of sp³-hybridized carbons (Fsp3) is 0.800. The van der Waals surface area contributed by atoms with Crippen LogP contribution in [0.1, 0.15) is 20.3 Å². The Hall–Kier alpha value is -1.26. The van der Waals surface area contributed by atoms with E-state index in [4.69, 9.17) is 9.84 Å². The molecule has 2 aliphatic heterocycles. The van der Waals surface area contributed by atoms with Crippen molar-refractivity contribution in [2.45, 2.75) is 25.8 Å². The molecular weight excluding hydrogens is 198 g/mol. The highest BCUT2D eigenvalue weighted by atomic mass is 16.6. The smallest absolute Gasteiger partial charge is 0.410 e. The van der Waals surface area contributed by atoms with Crippen LogP contribution in [0.5, 0.6) is 0 Å². The van der Waals surface area contributed by atoms with Crippen molar-refractivity contribution in [2.75, 3.05) is 13.2 Å². The van der Waals surface area contributed by atoms with Gasteiger partial charge in [0.15, 0.2) is 0 Å². The van der Waals surface area contributed by atoms with E-state index in [9.17, 15) is 9.59 Å². The van der Waals surface area contributed by atoms with Crippen molar-refractivity contribution in [3.8, 4) is 0 Å². The number of rotatable bonds is 1. The molecule has 3 atom stereocenters. The first-order valence-electron chi connectivity index (χ1n) is 5.12. The van der Waals surface area contributed by atoms with Gasteiger partial charge >= 0.3 is 12.1 Å². The summed E-state index contributed by atoms with van der Waals surface area (Å²) in [5.74, 6) is -1.14. The van der Waals surface area contributed by atoms with Crippen LogP contribution in [0.25, 0.3) is 0 Å². The number of aliphatic carboxylic acids is 1. The van der Waals surface area contributed by atoms with Crippen LogP contribution < -0.4 is 0 Å². The molecule has 5 heteroatoms. The van der Waals surface area contributed by atoms with Gasteiger partial charge in [0.05, 0.1) is 11.5 Å². The van der Waals surface area contributed by atoms with Crippen molar-refractivity contribution in [3.05, 3.63) is 0 Å². The van der Waals surface area contributed by atoms with Gasteiger partial charge in [-0.3, -0.25) is 9.69 Å². The summed E-state index contributed by atoms with van der Waals surface area (Å²) in [7, 11) is 0. The minimum atomic E-state index is -0.830. The third-order valence-electron chi connectivity index (χ3n) is 3.78. The van der Waals surface area contributed by atoms with Gasteiger partial charge in [0.25, 0.3) is 0 Å². The van der Waals surface area contributed by atoms with Gasteiger partial charge in [0, 0.05) is 6.54 Å². The molecule has 2 saturated heterocycles. The molecule has 0 aliphatic carbocycles. The first-order chi connectivity index (χ1) is 6.95. The maximum atomic E-state index is 11.4. The lowest BCUT2D eigenvalue weighted by Crippen LogP contribution is -2.56. The summed E-state index contributed by atoms with van der Waals surface area (Å²) in [6.45, 7) is 4.58. The van der Waals surface area contributed by atoms with Gasteiger partial charge in [-0.2, -0.15) is 0 Å². The zero-order valence-corrected chi connectivity index (χ0v) is 8.90.